The third-order valence-corrected chi connectivity index (χ3v) is 2.99. The van der Waals surface area contributed by atoms with Crippen LogP contribution in [0.3, 0.4) is 0 Å². The van der Waals surface area contributed by atoms with E-state index in [4.69, 9.17) is 0 Å². The van der Waals surface area contributed by atoms with Gasteiger partial charge in [0.2, 0.25) is 5.91 Å². The Morgan fingerprint density at radius 2 is 1.64 bits per heavy atom. The minimum atomic E-state index is -0.106. The van der Waals surface area contributed by atoms with Crippen molar-refractivity contribution >= 4 is 17.5 Å². The summed E-state index contributed by atoms with van der Waals surface area (Å²) in [5.41, 5.74) is 1.30. The molecular weight excluding hydrogens is 278 g/mol. The number of carbonyl (C=O) groups is 2. The van der Waals surface area contributed by atoms with Gasteiger partial charge < -0.3 is 16.0 Å². The van der Waals surface area contributed by atoms with E-state index in [2.05, 4.69) is 29.8 Å². The molecule has 0 spiro atoms. The van der Waals surface area contributed by atoms with Gasteiger partial charge in [-0.1, -0.05) is 27.7 Å². The van der Waals surface area contributed by atoms with Crippen molar-refractivity contribution in [2.24, 2.45) is 5.92 Å². The minimum Gasteiger partial charge on any atom is -0.351 e. The van der Waals surface area contributed by atoms with E-state index in [9.17, 15) is 9.59 Å². The Bertz CT molecular complexity index is 481. The third kappa shape index (κ3) is 7.22. The number of amides is 2. The number of benzene rings is 1. The Morgan fingerprint density at radius 3 is 2.18 bits per heavy atom. The molecule has 1 aromatic rings. The molecule has 0 fully saturated rings. The van der Waals surface area contributed by atoms with Crippen LogP contribution in [0.5, 0.6) is 0 Å². The highest BCUT2D eigenvalue weighted by Crippen LogP contribution is 2.11. The van der Waals surface area contributed by atoms with Gasteiger partial charge in [-0.15, -0.1) is 0 Å². The van der Waals surface area contributed by atoms with E-state index >= 15 is 0 Å². The van der Waals surface area contributed by atoms with Crippen molar-refractivity contribution in [2.75, 3.05) is 18.4 Å². The topological polar surface area (TPSA) is 70.2 Å². The molecule has 0 saturated carbocycles. The summed E-state index contributed by atoms with van der Waals surface area (Å²) < 4.78 is 0. The molecule has 0 heterocycles. The maximum Gasteiger partial charge on any atom is 0.251 e. The zero-order valence-corrected chi connectivity index (χ0v) is 13.9. The first-order valence-corrected chi connectivity index (χ1v) is 7.80. The minimum absolute atomic E-state index is 0.00744. The first-order valence-electron chi connectivity index (χ1n) is 7.80. The van der Waals surface area contributed by atoms with Gasteiger partial charge in [-0.05, 0) is 30.2 Å². The maximum atomic E-state index is 11.9. The third-order valence-electron chi connectivity index (χ3n) is 2.99. The highest BCUT2D eigenvalue weighted by Gasteiger charge is 2.07. The summed E-state index contributed by atoms with van der Waals surface area (Å²) in [5.74, 6) is 0.210. The van der Waals surface area contributed by atoms with Crippen LogP contribution in [0.15, 0.2) is 24.3 Å². The molecule has 0 aliphatic rings. The summed E-state index contributed by atoms with van der Waals surface area (Å²) in [4.78, 5) is 23.6. The smallest absolute Gasteiger partial charge is 0.251 e. The van der Waals surface area contributed by atoms with E-state index in [1.165, 1.54) is 0 Å². The van der Waals surface area contributed by atoms with Gasteiger partial charge in [0, 0.05) is 36.8 Å². The molecule has 0 unspecified atom stereocenters. The largest absolute Gasteiger partial charge is 0.351 e. The van der Waals surface area contributed by atoms with Crippen LogP contribution >= 0.6 is 0 Å². The zero-order valence-electron chi connectivity index (χ0n) is 13.9. The molecule has 0 aliphatic carbocycles. The highest BCUT2D eigenvalue weighted by atomic mass is 16.2. The number of carbonyl (C=O) groups excluding carboxylic acids is 2. The summed E-state index contributed by atoms with van der Waals surface area (Å²) in [6.45, 7) is 9.46. The number of hydrogen-bond acceptors (Lipinski definition) is 3. The van der Waals surface area contributed by atoms with E-state index in [0.29, 0.717) is 36.2 Å². The SMILES string of the molecule is CC(C)CC(=O)Nc1ccc(C(=O)NCCNC(C)C)cc1. The first-order chi connectivity index (χ1) is 10.4. The molecule has 3 N–H and O–H groups in total. The normalized spacial score (nSPS) is 10.8. The second-order valence-electron chi connectivity index (χ2n) is 6.09. The summed E-state index contributed by atoms with van der Waals surface area (Å²) in [6, 6.07) is 7.34. The lowest BCUT2D eigenvalue weighted by molar-refractivity contribution is -0.116. The fraction of sp³-hybridized carbons (Fsp3) is 0.529. The Hall–Kier alpha value is -1.88. The summed E-state index contributed by atoms with van der Waals surface area (Å²) in [7, 11) is 0. The molecule has 0 saturated heterocycles. The van der Waals surface area contributed by atoms with Crippen LogP contribution in [0.4, 0.5) is 5.69 Å². The lowest BCUT2D eigenvalue weighted by atomic mass is 10.1. The van der Waals surface area contributed by atoms with Crippen LogP contribution < -0.4 is 16.0 Å². The Labute approximate surface area is 132 Å². The maximum absolute atomic E-state index is 11.9. The lowest BCUT2D eigenvalue weighted by Crippen LogP contribution is -2.34. The zero-order chi connectivity index (χ0) is 16.5. The Balaban J connectivity index is 2.43. The Kier molecular flexibility index (Phi) is 7.60. The fourth-order valence-corrected chi connectivity index (χ4v) is 1.93. The number of hydrogen-bond donors (Lipinski definition) is 3. The molecule has 0 aliphatic heterocycles. The lowest BCUT2D eigenvalue weighted by Gasteiger charge is -2.10. The molecule has 1 rings (SSSR count). The van der Waals surface area contributed by atoms with Crippen LogP contribution in [0.25, 0.3) is 0 Å². The quantitative estimate of drug-likeness (QED) is 0.646. The van der Waals surface area contributed by atoms with Gasteiger partial charge in [-0.3, -0.25) is 9.59 Å². The van der Waals surface area contributed by atoms with Crippen molar-refractivity contribution in [3.05, 3.63) is 29.8 Å². The van der Waals surface area contributed by atoms with Crippen molar-refractivity contribution in [2.45, 2.75) is 40.2 Å². The second kappa shape index (κ2) is 9.20. The van der Waals surface area contributed by atoms with E-state index in [1.807, 2.05) is 13.8 Å². The van der Waals surface area contributed by atoms with Crippen molar-refractivity contribution in [3.63, 3.8) is 0 Å². The molecule has 5 nitrogen and oxygen atoms in total. The molecule has 2 amide bonds. The van der Waals surface area contributed by atoms with E-state index in [-0.39, 0.29) is 11.8 Å². The second-order valence-corrected chi connectivity index (χ2v) is 6.09. The van der Waals surface area contributed by atoms with Crippen LogP contribution in [0.2, 0.25) is 0 Å². The fourth-order valence-electron chi connectivity index (χ4n) is 1.93. The van der Waals surface area contributed by atoms with E-state index < -0.39 is 0 Å². The van der Waals surface area contributed by atoms with Gasteiger partial charge in [0.1, 0.15) is 0 Å². The predicted molar refractivity (Wildman–Crippen MR) is 90.0 cm³/mol. The van der Waals surface area contributed by atoms with Gasteiger partial charge in [0.15, 0.2) is 0 Å². The number of rotatable bonds is 8. The van der Waals surface area contributed by atoms with E-state index in [0.717, 1.165) is 6.54 Å². The number of nitrogens with one attached hydrogen (secondary N) is 3. The standard InChI is InChI=1S/C17H27N3O2/c1-12(2)11-16(21)20-15-7-5-14(6-8-15)17(22)19-10-9-18-13(3)4/h5-8,12-13,18H,9-11H2,1-4H3,(H,19,22)(H,20,21). The van der Waals surface area contributed by atoms with Crippen molar-refractivity contribution in [1.82, 2.24) is 10.6 Å². The molecular formula is C17H27N3O2. The first kappa shape index (κ1) is 18.2. The van der Waals surface area contributed by atoms with Gasteiger partial charge in [0.05, 0.1) is 0 Å². The predicted octanol–water partition coefficient (Wildman–Crippen LogP) is 2.40. The van der Waals surface area contributed by atoms with Gasteiger partial charge in [-0.2, -0.15) is 0 Å². The van der Waals surface area contributed by atoms with E-state index in [1.54, 1.807) is 24.3 Å². The van der Waals surface area contributed by atoms with Crippen LogP contribution in [-0.2, 0) is 4.79 Å². The van der Waals surface area contributed by atoms with Gasteiger partial charge in [-0.25, -0.2) is 0 Å². The summed E-state index contributed by atoms with van der Waals surface area (Å²) in [6.07, 6.45) is 0.491. The molecule has 0 atom stereocenters. The molecule has 122 valence electrons. The molecule has 0 aromatic heterocycles. The molecule has 1 aromatic carbocycles. The molecule has 0 radical (unpaired) electrons. The highest BCUT2D eigenvalue weighted by molar-refractivity contribution is 5.95. The molecule has 22 heavy (non-hydrogen) atoms. The van der Waals surface area contributed by atoms with Gasteiger partial charge >= 0.3 is 0 Å². The van der Waals surface area contributed by atoms with Crippen molar-refractivity contribution in [3.8, 4) is 0 Å². The van der Waals surface area contributed by atoms with Gasteiger partial charge in [0.25, 0.3) is 5.91 Å². The average molecular weight is 305 g/mol. The Morgan fingerprint density at radius 1 is 1.00 bits per heavy atom. The van der Waals surface area contributed by atoms with Crippen LogP contribution in [0, 0.1) is 5.92 Å². The van der Waals surface area contributed by atoms with Crippen molar-refractivity contribution < 1.29 is 9.59 Å². The molecule has 0 bridgehead atoms. The molecule has 5 heteroatoms. The van der Waals surface area contributed by atoms with Crippen LogP contribution in [-0.4, -0.2) is 30.9 Å². The van der Waals surface area contributed by atoms with Crippen molar-refractivity contribution in [1.29, 1.82) is 0 Å². The summed E-state index contributed by atoms with van der Waals surface area (Å²) in [5, 5.41) is 8.91. The number of anilines is 1. The van der Waals surface area contributed by atoms with Crippen LogP contribution in [0.1, 0.15) is 44.5 Å². The average Bonchev–Trinajstić information content (AvgIpc) is 2.43. The summed E-state index contributed by atoms with van der Waals surface area (Å²) >= 11 is 0. The monoisotopic (exact) mass is 305 g/mol.